The van der Waals surface area contributed by atoms with Gasteiger partial charge in [-0.25, -0.2) is 4.39 Å². The predicted octanol–water partition coefficient (Wildman–Crippen LogP) is 4.36. The van der Waals surface area contributed by atoms with Crippen LogP contribution in [0.1, 0.15) is 37.4 Å². The molecule has 0 aliphatic heterocycles. The smallest absolute Gasteiger partial charge is 0.221 e. The molecule has 0 bridgehead atoms. The van der Waals surface area contributed by atoms with Crippen LogP contribution in [0.2, 0.25) is 0 Å². The molecule has 0 radical (unpaired) electrons. The van der Waals surface area contributed by atoms with Crippen LogP contribution in [-0.4, -0.2) is 11.8 Å². The van der Waals surface area contributed by atoms with Gasteiger partial charge in [-0.3, -0.25) is 9.59 Å². The molecular weight excluding hydrogens is 387 g/mol. The molecule has 2 aromatic rings. The Balaban J connectivity index is 1.92. The maximum absolute atomic E-state index is 13.8. The zero-order chi connectivity index (χ0) is 18.4. The highest BCUT2D eigenvalue weighted by Crippen LogP contribution is 2.19. The number of amides is 2. The van der Waals surface area contributed by atoms with Crippen molar-refractivity contribution in [2.75, 3.05) is 5.32 Å². The van der Waals surface area contributed by atoms with Gasteiger partial charge < -0.3 is 10.6 Å². The van der Waals surface area contributed by atoms with E-state index >= 15 is 0 Å². The summed E-state index contributed by atoms with van der Waals surface area (Å²) in [6.45, 7) is 3.31. The van der Waals surface area contributed by atoms with Crippen molar-refractivity contribution in [3.8, 4) is 0 Å². The van der Waals surface area contributed by atoms with Crippen LogP contribution < -0.4 is 10.6 Å². The Kier molecular flexibility index (Phi) is 6.70. The number of hydrogen-bond acceptors (Lipinski definition) is 2. The van der Waals surface area contributed by atoms with E-state index in [0.29, 0.717) is 22.1 Å². The van der Waals surface area contributed by atoms with Crippen LogP contribution in [0.15, 0.2) is 46.9 Å². The van der Waals surface area contributed by atoms with E-state index in [1.807, 2.05) is 25.1 Å². The number of rotatable bonds is 6. The Hall–Kier alpha value is -2.21. The summed E-state index contributed by atoms with van der Waals surface area (Å²) in [5.74, 6) is -0.622. The van der Waals surface area contributed by atoms with Crippen molar-refractivity contribution in [1.29, 1.82) is 0 Å². The minimum atomic E-state index is -0.321. The molecule has 6 heteroatoms. The van der Waals surface area contributed by atoms with E-state index in [1.54, 1.807) is 18.2 Å². The standard InChI is InChI=1S/C19H20BrFN2O2/c1-12(15-4-3-5-17(10-15)23-13(2)24)22-19(25)9-7-14-6-8-16(20)11-18(14)21/h3-6,8,10-12H,7,9H2,1-2H3,(H,22,25)(H,23,24). The van der Waals surface area contributed by atoms with E-state index in [-0.39, 0.29) is 30.1 Å². The molecule has 0 saturated carbocycles. The summed E-state index contributed by atoms with van der Waals surface area (Å²) in [6, 6.07) is 11.9. The lowest BCUT2D eigenvalue weighted by Gasteiger charge is -2.15. The first-order chi connectivity index (χ1) is 11.8. The molecule has 2 N–H and O–H groups in total. The highest BCUT2D eigenvalue weighted by molar-refractivity contribution is 9.10. The molecule has 2 aromatic carbocycles. The molecule has 1 unspecified atom stereocenters. The summed E-state index contributed by atoms with van der Waals surface area (Å²) >= 11 is 3.21. The second kappa shape index (κ2) is 8.76. The zero-order valence-corrected chi connectivity index (χ0v) is 15.7. The predicted molar refractivity (Wildman–Crippen MR) is 99.7 cm³/mol. The van der Waals surface area contributed by atoms with E-state index in [1.165, 1.54) is 13.0 Å². The van der Waals surface area contributed by atoms with E-state index in [2.05, 4.69) is 26.6 Å². The molecule has 0 saturated heterocycles. The van der Waals surface area contributed by atoms with Gasteiger partial charge in [0.2, 0.25) is 11.8 Å². The fourth-order valence-electron chi connectivity index (χ4n) is 2.46. The van der Waals surface area contributed by atoms with Crippen molar-refractivity contribution >= 4 is 33.4 Å². The van der Waals surface area contributed by atoms with Crippen molar-refractivity contribution in [3.63, 3.8) is 0 Å². The molecule has 1 atom stereocenters. The van der Waals surface area contributed by atoms with Gasteiger partial charge in [0.05, 0.1) is 6.04 Å². The van der Waals surface area contributed by atoms with Gasteiger partial charge in [-0.2, -0.15) is 0 Å². The number of halogens is 2. The number of anilines is 1. The molecular formula is C19H20BrFN2O2. The second-order valence-corrected chi connectivity index (χ2v) is 6.75. The Morgan fingerprint density at radius 1 is 1.20 bits per heavy atom. The fraction of sp³-hybridized carbons (Fsp3) is 0.263. The van der Waals surface area contributed by atoms with Crippen molar-refractivity contribution in [1.82, 2.24) is 5.32 Å². The lowest BCUT2D eigenvalue weighted by atomic mass is 10.1. The molecule has 132 valence electrons. The van der Waals surface area contributed by atoms with Gasteiger partial charge in [-0.15, -0.1) is 0 Å². The Bertz CT molecular complexity index is 780. The van der Waals surface area contributed by atoms with Crippen LogP contribution in [0.5, 0.6) is 0 Å². The number of benzene rings is 2. The summed E-state index contributed by atoms with van der Waals surface area (Å²) < 4.78 is 14.5. The third-order valence-corrected chi connectivity index (χ3v) is 4.21. The molecule has 2 rings (SSSR count). The van der Waals surface area contributed by atoms with Crippen LogP contribution in [0.3, 0.4) is 0 Å². The molecule has 0 heterocycles. The van der Waals surface area contributed by atoms with Gasteiger partial charge in [0.25, 0.3) is 0 Å². The van der Waals surface area contributed by atoms with Gasteiger partial charge >= 0.3 is 0 Å². The molecule has 0 aliphatic carbocycles. The van der Waals surface area contributed by atoms with Crippen molar-refractivity contribution in [2.24, 2.45) is 0 Å². The maximum Gasteiger partial charge on any atom is 0.221 e. The first-order valence-electron chi connectivity index (χ1n) is 7.96. The lowest BCUT2D eigenvalue weighted by Crippen LogP contribution is -2.27. The van der Waals surface area contributed by atoms with Crippen molar-refractivity contribution < 1.29 is 14.0 Å². The highest BCUT2D eigenvalue weighted by Gasteiger charge is 2.12. The molecule has 0 fully saturated rings. The summed E-state index contributed by atoms with van der Waals surface area (Å²) in [7, 11) is 0. The van der Waals surface area contributed by atoms with Gasteiger partial charge in [0.1, 0.15) is 5.82 Å². The third kappa shape index (κ3) is 5.98. The SMILES string of the molecule is CC(=O)Nc1cccc(C(C)NC(=O)CCc2ccc(Br)cc2F)c1. The number of carbonyl (C=O) groups excluding carboxylic acids is 2. The van der Waals surface area contributed by atoms with Crippen LogP contribution in [0, 0.1) is 5.82 Å². The highest BCUT2D eigenvalue weighted by atomic mass is 79.9. The van der Waals surface area contributed by atoms with E-state index in [4.69, 9.17) is 0 Å². The topological polar surface area (TPSA) is 58.2 Å². The Labute approximate surface area is 154 Å². The van der Waals surface area contributed by atoms with Crippen LogP contribution >= 0.6 is 15.9 Å². The first-order valence-corrected chi connectivity index (χ1v) is 8.75. The van der Waals surface area contributed by atoms with Crippen molar-refractivity contribution in [3.05, 3.63) is 63.9 Å². The molecule has 0 aromatic heterocycles. The number of carbonyl (C=O) groups is 2. The van der Waals surface area contributed by atoms with Crippen LogP contribution in [0.4, 0.5) is 10.1 Å². The van der Waals surface area contributed by atoms with Crippen molar-refractivity contribution in [2.45, 2.75) is 32.7 Å². The minimum absolute atomic E-state index is 0.148. The van der Waals surface area contributed by atoms with Gasteiger partial charge in [-0.1, -0.05) is 34.1 Å². The average molecular weight is 407 g/mol. The third-order valence-electron chi connectivity index (χ3n) is 3.72. The largest absolute Gasteiger partial charge is 0.350 e. The van der Waals surface area contributed by atoms with E-state index in [9.17, 15) is 14.0 Å². The Morgan fingerprint density at radius 3 is 2.64 bits per heavy atom. The minimum Gasteiger partial charge on any atom is -0.350 e. The van der Waals surface area contributed by atoms with Gasteiger partial charge in [0, 0.05) is 23.5 Å². The fourth-order valence-corrected chi connectivity index (χ4v) is 2.79. The Morgan fingerprint density at radius 2 is 1.96 bits per heavy atom. The number of nitrogens with one attached hydrogen (secondary N) is 2. The average Bonchev–Trinajstić information content (AvgIpc) is 2.53. The van der Waals surface area contributed by atoms with E-state index in [0.717, 1.165) is 5.56 Å². The molecule has 2 amide bonds. The molecule has 0 spiro atoms. The molecule has 4 nitrogen and oxygen atoms in total. The molecule has 0 aliphatic rings. The molecule has 25 heavy (non-hydrogen) atoms. The van der Waals surface area contributed by atoms with Crippen LogP contribution in [-0.2, 0) is 16.0 Å². The van der Waals surface area contributed by atoms with Crippen LogP contribution in [0.25, 0.3) is 0 Å². The summed E-state index contributed by atoms with van der Waals surface area (Å²) in [5, 5.41) is 5.61. The number of aryl methyl sites for hydroxylation is 1. The monoisotopic (exact) mass is 406 g/mol. The normalized spacial score (nSPS) is 11.7. The lowest BCUT2D eigenvalue weighted by molar-refractivity contribution is -0.121. The quantitative estimate of drug-likeness (QED) is 0.748. The summed E-state index contributed by atoms with van der Waals surface area (Å²) in [6.07, 6.45) is 0.540. The van der Waals surface area contributed by atoms with Gasteiger partial charge in [-0.05, 0) is 48.7 Å². The maximum atomic E-state index is 13.8. The van der Waals surface area contributed by atoms with E-state index < -0.39 is 0 Å². The second-order valence-electron chi connectivity index (χ2n) is 5.83. The number of hydrogen-bond donors (Lipinski definition) is 2. The zero-order valence-electron chi connectivity index (χ0n) is 14.1. The summed E-state index contributed by atoms with van der Waals surface area (Å²) in [4.78, 5) is 23.3. The summed E-state index contributed by atoms with van der Waals surface area (Å²) in [5.41, 5.74) is 2.08. The van der Waals surface area contributed by atoms with Gasteiger partial charge in [0.15, 0.2) is 0 Å². The first kappa shape index (κ1) is 19.1.